The largest absolute Gasteiger partial charge is 0.508 e. The first kappa shape index (κ1) is 17.6. The van der Waals surface area contributed by atoms with Gasteiger partial charge in [-0.05, 0) is 42.5 Å². The maximum Gasteiger partial charge on any atom is 0.323 e. The van der Waals surface area contributed by atoms with Crippen LogP contribution in [0.2, 0.25) is 15.1 Å². The summed E-state index contributed by atoms with van der Waals surface area (Å²) in [6, 6.07) is 9.21. The first-order valence-electron chi connectivity index (χ1n) is 6.99. The Hall–Kier alpha value is -2.21. The van der Waals surface area contributed by atoms with Crippen molar-refractivity contribution in [3.8, 4) is 5.75 Å². The van der Waals surface area contributed by atoms with Crippen LogP contribution in [0.1, 0.15) is 0 Å². The SMILES string of the molecule is O=C(Nc1ccc(F)c(Cl)c1)Nc1c(Cl)cc(Cl)c2ccc(O)cc12. The van der Waals surface area contributed by atoms with E-state index in [0.29, 0.717) is 21.5 Å². The van der Waals surface area contributed by atoms with Crippen LogP contribution < -0.4 is 10.6 Å². The monoisotopic (exact) mass is 398 g/mol. The van der Waals surface area contributed by atoms with Crippen molar-refractivity contribution >= 4 is 63.0 Å². The average Bonchev–Trinajstić information content (AvgIpc) is 2.54. The minimum Gasteiger partial charge on any atom is -0.508 e. The Morgan fingerprint density at radius 1 is 0.880 bits per heavy atom. The molecule has 3 rings (SSSR count). The Balaban J connectivity index is 1.93. The van der Waals surface area contributed by atoms with Gasteiger partial charge in [0.05, 0.1) is 20.8 Å². The number of carbonyl (C=O) groups excluding carboxylic acids is 1. The van der Waals surface area contributed by atoms with Gasteiger partial charge in [0.1, 0.15) is 11.6 Å². The molecule has 25 heavy (non-hydrogen) atoms. The van der Waals surface area contributed by atoms with E-state index < -0.39 is 11.8 Å². The third-order valence-electron chi connectivity index (χ3n) is 3.44. The van der Waals surface area contributed by atoms with Gasteiger partial charge in [-0.2, -0.15) is 0 Å². The van der Waals surface area contributed by atoms with Crippen molar-refractivity contribution in [3.63, 3.8) is 0 Å². The Morgan fingerprint density at radius 3 is 2.36 bits per heavy atom. The molecule has 0 unspecified atom stereocenters. The van der Waals surface area contributed by atoms with Crippen molar-refractivity contribution in [2.24, 2.45) is 0 Å². The number of urea groups is 1. The first-order chi connectivity index (χ1) is 11.8. The van der Waals surface area contributed by atoms with Gasteiger partial charge in [0.15, 0.2) is 0 Å². The number of phenolic OH excluding ortho intramolecular Hbond substituents is 1. The lowest BCUT2D eigenvalue weighted by Gasteiger charge is -2.13. The summed E-state index contributed by atoms with van der Waals surface area (Å²) < 4.78 is 13.2. The molecule has 0 radical (unpaired) electrons. The Kier molecular flexibility index (Phi) is 4.90. The van der Waals surface area contributed by atoms with E-state index in [9.17, 15) is 14.3 Å². The van der Waals surface area contributed by atoms with E-state index >= 15 is 0 Å². The van der Waals surface area contributed by atoms with Crippen molar-refractivity contribution in [3.05, 3.63) is 63.3 Å². The number of amides is 2. The number of fused-ring (bicyclic) bond motifs is 1. The molecule has 0 aromatic heterocycles. The predicted molar refractivity (Wildman–Crippen MR) is 99.7 cm³/mol. The molecule has 0 aliphatic carbocycles. The molecule has 0 bridgehead atoms. The van der Waals surface area contributed by atoms with Crippen molar-refractivity contribution in [2.75, 3.05) is 10.6 Å². The van der Waals surface area contributed by atoms with Crippen LogP contribution in [0.25, 0.3) is 10.8 Å². The fourth-order valence-electron chi connectivity index (χ4n) is 2.31. The number of aromatic hydroxyl groups is 1. The smallest absolute Gasteiger partial charge is 0.323 e. The molecular formula is C17H10Cl3FN2O2. The molecule has 3 aromatic rings. The standard InChI is InChI=1S/C17H10Cl3FN2O2/c18-12-7-14(20)16(11-6-9(24)2-3-10(11)12)23-17(25)22-8-1-4-15(21)13(19)5-8/h1-7,24H,(H2,22,23,25). The zero-order valence-electron chi connectivity index (χ0n) is 12.4. The number of benzene rings is 3. The Bertz CT molecular complexity index is 995. The highest BCUT2D eigenvalue weighted by molar-refractivity contribution is 6.41. The number of rotatable bonds is 2. The van der Waals surface area contributed by atoms with Gasteiger partial charge in [-0.3, -0.25) is 0 Å². The van der Waals surface area contributed by atoms with Crippen LogP contribution in [-0.4, -0.2) is 11.1 Å². The maximum absolute atomic E-state index is 13.2. The molecule has 0 saturated heterocycles. The van der Waals surface area contributed by atoms with Gasteiger partial charge in [-0.25, -0.2) is 9.18 Å². The number of halogens is 4. The molecule has 0 heterocycles. The van der Waals surface area contributed by atoms with Crippen LogP contribution in [-0.2, 0) is 0 Å². The van der Waals surface area contributed by atoms with Gasteiger partial charge in [-0.15, -0.1) is 0 Å². The van der Waals surface area contributed by atoms with E-state index in [4.69, 9.17) is 34.8 Å². The summed E-state index contributed by atoms with van der Waals surface area (Å²) in [4.78, 5) is 12.2. The van der Waals surface area contributed by atoms with Crippen LogP contribution in [0, 0.1) is 5.82 Å². The van der Waals surface area contributed by atoms with Crippen molar-refractivity contribution < 1.29 is 14.3 Å². The zero-order valence-corrected chi connectivity index (χ0v) is 14.7. The zero-order chi connectivity index (χ0) is 18.1. The van der Waals surface area contributed by atoms with E-state index in [1.165, 1.54) is 30.3 Å². The van der Waals surface area contributed by atoms with E-state index in [2.05, 4.69) is 10.6 Å². The van der Waals surface area contributed by atoms with Crippen LogP contribution in [0.4, 0.5) is 20.6 Å². The third-order valence-corrected chi connectivity index (χ3v) is 4.34. The fraction of sp³-hybridized carbons (Fsp3) is 0. The molecule has 0 aliphatic heterocycles. The summed E-state index contributed by atoms with van der Waals surface area (Å²) in [6.07, 6.45) is 0. The molecule has 0 saturated carbocycles. The van der Waals surface area contributed by atoms with Gasteiger partial charge in [0, 0.05) is 16.5 Å². The normalized spacial score (nSPS) is 10.7. The molecule has 0 spiro atoms. The summed E-state index contributed by atoms with van der Waals surface area (Å²) >= 11 is 18.0. The second kappa shape index (κ2) is 6.96. The summed E-state index contributed by atoms with van der Waals surface area (Å²) in [6.45, 7) is 0. The van der Waals surface area contributed by atoms with E-state index in [0.717, 1.165) is 6.07 Å². The number of anilines is 2. The molecule has 2 amide bonds. The summed E-state index contributed by atoms with van der Waals surface area (Å²) in [5, 5.41) is 16.4. The number of hydrogen-bond donors (Lipinski definition) is 3. The van der Waals surface area contributed by atoms with E-state index in [1.807, 2.05) is 0 Å². The van der Waals surface area contributed by atoms with Gasteiger partial charge in [0.2, 0.25) is 0 Å². The minimum absolute atomic E-state index is 0.000363. The van der Waals surface area contributed by atoms with Crippen molar-refractivity contribution in [2.45, 2.75) is 0 Å². The van der Waals surface area contributed by atoms with Crippen LogP contribution in [0.3, 0.4) is 0 Å². The quantitative estimate of drug-likeness (QED) is 0.474. The maximum atomic E-state index is 13.2. The molecule has 128 valence electrons. The number of carbonyl (C=O) groups is 1. The van der Waals surface area contributed by atoms with E-state index in [-0.39, 0.29) is 21.5 Å². The summed E-state index contributed by atoms with van der Waals surface area (Å²) in [5.41, 5.74) is 0.587. The number of nitrogens with one attached hydrogen (secondary N) is 2. The van der Waals surface area contributed by atoms with Crippen LogP contribution >= 0.6 is 34.8 Å². The lowest BCUT2D eigenvalue weighted by Crippen LogP contribution is -2.19. The highest BCUT2D eigenvalue weighted by Gasteiger charge is 2.14. The fourth-order valence-corrected chi connectivity index (χ4v) is 3.08. The number of hydrogen-bond acceptors (Lipinski definition) is 2. The second-order valence-electron chi connectivity index (χ2n) is 5.15. The van der Waals surface area contributed by atoms with E-state index in [1.54, 1.807) is 6.07 Å². The lowest BCUT2D eigenvalue weighted by molar-refractivity contribution is 0.262. The first-order valence-corrected chi connectivity index (χ1v) is 8.12. The van der Waals surface area contributed by atoms with Crippen molar-refractivity contribution in [1.29, 1.82) is 0 Å². The second-order valence-corrected chi connectivity index (χ2v) is 6.37. The van der Waals surface area contributed by atoms with Crippen LogP contribution in [0.5, 0.6) is 5.75 Å². The molecule has 3 N–H and O–H groups in total. The van der Waals surface area contributed by atoms with Gasteiger partial charge >= 0.3 is 6.03 Å². The van der Waals surface area contributed by atoms with Gasteiger partial charge in [0.25, 0.3) is 0 Å². The number of phenols is 1. The topological polar surface area (TPSA) is 61.4 Å². The van der Waals surface area contributed by atoms with Crippen LogP contribution in [0.15, 0.2) is 42.5 Å². The molecule has 0 atom stereocenters. The molecule has 0 fully saturated rings. The third kappa shape index (κ3) is 3.74. The average molecular weight is 400 g/mol. The molecule has 4 nitrogen and oxygen atoms in total. The molecule has 8 heteroatoms. The Morgan fingerprint density at radius 2 is 1.64 bits per heavy atom. The molecular weight excluding hydrogens is 390 g/mol. The molecule has 3 aromatic carbocycles. The molecule has 0 aliphatic rings. The minimum atomic E-state index is -0.614. The van der Waals surface area contributed by atoms with Crippen molar-refractivity contribution in [1.82, 2.24) is 0 Å². The lowest BCUT2D eigenvalue weighted by atomic mass is 10.1. The van der Waals surface area contributed by atoms with Gasteiger partial charge < -0.3 is 15.7 Å². The Labute approximate surface area is 157 Å². The van der Waals surface area contributed by atoms with Gasteiger partial charge in [-0.1, -0.05) is 34.8 Å². The summed E-state index contributed by atoms with van der Waals surface area (Å²) in [5.74, 6) is -0.588. The highest BCUT2D eigenvalue weighted by atomic mass is 35.5. The summed E-state index contributed by atoms with van der Waals surface area (Å²) in [7, 11) is 0. The predicted octanol–water partition coefficient (Wildman–Crippen LogP) is 6.29. The highest BCUT2D eigenvalue weighted by Crippen LogP contribution is 2.38.